The number of nitrogens with one attached hydrogen (secondary N) is 2. The Bertz CT molecular complexity index is 1100. The molecule has 0 saturated heterocycles. The van der Waals surface area contributed by atoms with Gasteiger partial charge in [-0.1, -0.05) is 36.8 Å². The third kappa shape index (κ3) is 2.20. The summed E-state index contributed by atoms with van der Waals surface area (Å²) in [7, 11) is 0. The highest BCUT2D eigenvalue weighted by molar-refractivity contribution is 7.20. The van der Waals surface area contributed by atoms with Crippen LogP contribution in [0.3, 0.4) is 0 Å². The van der Waals surface area contributed by atoms with Crippen LogP contribution in [0.4, 0.5) is 0 Å². The summed E-state index contributed by atoms with van der Waals surface area (Å²) in [5.74, 6) is 0. The summed E-state index contributed by atoms with van der Waals surface area (Å²) in [4.78, 5) is 32.4. The fourth-order valence-corrected chi connectivity index (χ4v) is 3.60. The van der Waals surface area contributed by atoms with Crippen LogP contribution in [0.15, 0.2) is 39.9 Å². The summed E-state index contributed by atoms with van der Waals surface area (Å²) < 4.78 is 2.33. The number of hydrogen-bond donors (Lipinski definition) is 2. The Balaban J connectivity index is 1.97. The van der Waals surface area contributed by atoms with Crippen molar-refractivity contribution in [1.29, 1.82) is 0 Å². The minimum Gasteiger partial charge on any atom is -0.343 e. The fraction of sp³-hybridized carbons (Fsp3) is 0.188. The number of nitrogens with zero attached hydrogens (tertiary/aromatic N) is 2. The van der Waals surface area contributed by atoms with Gasteiger partial charge in [-0.25, -0.2) is 4.98 Å². The van der Waals surface area contributed by atoms with Crippen molar-refractivity contribution in [3.63, 3.8) is 0 Å². The van der Waals surface area contributed by atoms with Gasteiger partial charge < -0.3 is 4.98 Å². The van der Waals surface area contributed by atoms with Gasteiger partial charge in [-0.15, -0.1) is 0 Å². The first-order chi connectivity index (χ1) is 11.2. The summed E-state index contributed by atoms with van der Waals surface area (Å²) in [5, 5.41) is 3.65. The number of hydrogen-bond acceptors (Lipinski definition) is 4. The van der Waals surface area contributed by atoms with Gasteiger partial charge in [0, 0.05) is 11.8 Å². The molecular formula is C16H14N4O2S. The number of pyridine rings is 1. The Morgan fingerprint density at radius 3 is 2.87 bits per heavy atom. The standard InChI is InChI=1S/C16H14N4O2S/c1-2-5-9-8-11(21)13-14(17-9)19-20(15(13)22)16-18-10-6-3-4-7-12(10)23-16/h3-4,6-8H,2,5H2,1H3,(H2,17,19,21). The van der Waals surface area contributed by atoms with Crippen LogP contribution < -0.4 is 11.0 Å². The molecule has 3 aromatic heterocycles. The van der Waals surface area contributed by atoms with Crippen LogP contribution in [0.2, 0.25) is 0 Å². The van der Waals surface area contributed by atoms with Crippen LogP contribution in [0.5, 0.6) is 0 Å². The zero-order chi connectivity index (χ0) is 16.0. The van der Waals surface area contributed by atoms with Crippen molar-refractivity contribution < 1.29 is 0 Å². The van der Waals surface area contributed by atoms with Gasteiger partial charge in [-0.3, -0.25) is 14.7 Å². The molecule has 4 aromatic rings. The molecule has 116 valence electrons. The molecule has 0 aliphatic rings. The van der Waals surface area contributed by atoms with E-state index < -0.39 is 0 Å². The van der Waals surface area contributed by atoms with Gasteiger partial charge >= 0.3 is 0 Å². The van der Waals surface area contributed by atoms with Crippen molar-refractivity contribution in [2.24, 2.45) is 0 Å². The number of para-hydroxylation sites is 1. The Morgan fingerprint density at radius 2 is 2.09 bits per heavy atom. The van der Waals surface area contributed by atoms with Crippen LogP contribution in [0, 0.1) is 0 Å². The van der Waals surface area contributed by atoms with Crippen molar-refractivity contribution in [3.05, 3.63) is 56.6 Å². The molecule has 23 heavy (non-hydrogen) atoms. The maximum atomic E-state index is 12.6. The molecule has 0 radical (unpaired) electrons. The Kier molecular flexibility index (Phi) is 3.16. The maximum Gasteiger partial charge on any atom is 0.286 e. The predicted molar refractivity (Wildman–Crippen MR) is 91.7 cm³/mol. The summed E-state index contributed by atoms with van der Waals surface area (Å²) in [6, 6.07) is 9.19. The summed E-state index contributed by atoms with van der Waals surface area (Å²) in [6.45, 7) is 2.04. The van der Waals surface area contributed by atoms with Gasteiger partial charge in [0.05, 0.1) is 10.2 Å². The molecule has 0 fully saturated rings. The lowest BCUT2D eigenvalue weighted by Gasteiger charge is -1.98. The van der Waals surface area contributed by atoms with E-state index in [1.807, 2.05) is 31.2 Å². The van der Waals surface area contributed by atoms with Gasteiger partial charge in [-0.05, 0) is 18.6 Å². The zero-order valence-electron chi connectivity index (χ0n) is 12.4. The highest BCUT2D eigenvalue weighted by Gasteiger charge is 2.15. The van der Waals surface area contributed by atoms with Gasteiger partial charge in [0.1, 0.15) is 11.0 Å². The van der Waals surface area contributed by atoms with Crippen molar-refractivity contribution in [3.8, 4) is 5.13 Å². The second-order valence-corrected chi connectivity index (χ2v) is 6.38. The van der Waals surface area contributed by atoms with Gasteiger partial charge in [-0.2, -0.15) is 4.68 Å². The number of H-pyrrole nitrogens is 2. The third-order valence-corrected chi connectivity index (χ3v) is 4.74. The molecule has 0 aliphatic heterocycles. The number of aryl methyl sites for hydroxylation is 1. The number of aromatic amines is 2. The van der Waals surface area contributed by atoms with Crippen molar-refractivity contribution in [2.45, 2.75) is 19.8 Å². The van der Waals surface area contributed by atoms with Crippen LogP contribution in [-0.2, 0) is 6.42 Å². The number of aromatic nitrogens is 4. The SMILES string of the molecule is CCCc1cc(=O)c2c(=O)n(-c3nc4ccccc4s3)[nH]c2[nH]1. The van der Waals surface area contributed by atoms with E-state index >= 15 is 0 Å². The van der Waals surface area contributed by atoms with E-state index in [1.54, 1.807) is 0 Å². The smallest absolute Gasteiger partial charge is 0.286 e. The molecule has 4 rings (SSSR count). The lowest BCUT2D eigenvalue weighted by atomic mass is 10.2. The molecule has 0 saturated carbocycles. The average Bonchev–Trinajstić information content (AvgIpc) is 3.08. The molecule has 7 heteroatoms. The molecule has 1 aromatic carbocycles. The second-order valence-electron chi connectivity index (χ2n) is 5.38. The van der Waals surface area contributed by atoms with Gasteiger partial charge in [0.2, 0.25) is 5.13 Å². The second kappa shape index (κ2) is 5.20. The van der Waals surface area contributed by atoms with Crippen LogP contribution in [0.25, 0.3) is 26.4 Å². The van der Waals surface area contributed by atoms with Gasteiger partial charge in [0.25, 0.3) is 5.56 Å². The highest BCUT2D eigenvalue weighted by Crippen LogP contribution is 2.23. The summed E-state index contributed by atoms with van der Waals surface area (Å²) in [6.07, 6.45) is 1.68. The monoisotopic (exact) mass is 326 g/mol. The molecule has 0 unspecified atom stereocenters. The molecule has 3 heterocycles. The van der Waals surface area contributed by atoms with E-state index in [2.05, 4.69) is 15.1 Å². The maximum absolute atomic E-state index is 12.6. The van der Waals surface area contributed by atoms with E-state index in [1.165, 1.54) is 22.1 Å². The lowest BCUT2D eigenvalue weighted by Crippen LogP contribution is -2.18. The van der Waals surface area contributed by atoms with Crippen molar-refractivity contribution in [1.82, 2.24) is 19.7 Å². The zero-order valence-corrected chi connectivity index (χ0v) is 13.2. The van der Waals surface area contributed by atoms with E-state index in [4.69, 9.17) is 0 Å². The first-order valence-corrected chi connectivity index (χ1v) is 8.22. The minimum atomic E-state index is -0.372. The van der Waals surface area contributed by atoms with E-state index in [0.717, 1.165) is 28.8 Å². The normalized spacial score (nSPS) is 11.5. The molecule has 2 N–H and O–H groups in total. The molecule has 0 amide bonds. The summed E-state index contributed by atoms with van der Waals surface area (Å²) in [5.41, 5.74) is 1.47. The quantitative estimate of drug-likeness (QED) is 0.607. The van der Waals surface area contributed by atoms with Crippen molar-refractivity contribution >= 4 is 32.6 Å². The van der Waals surface area contributed by atoms with Crippen molar-refractivity contribution in [2.75, 3.05) is 0 Å². The molecule has 6 nitrogen and oxygen atoms in total. The first-order valence-electron chi connectivity index (χ1n) is 7.40. The van der Waals surface area contributed by atoms with Crippen LogP contribution >= 0.6 is 11.3 Å². The van der Waals surface area contributed by atoms with Gasteiger partial charge in [0.15, 0.2) is 5.43 Å². The third-order valence-electron chi connectivity index (χ3n) is 3.72. The number of thiazole rings is 1. The number of rotatable bonds is 3. The van der Waals surface area contributed by atoms with E-state index in [9.17, 15) is 9.59 Å². The number of fused-ring (bicyclic) bond motifs is 2. The molecule has 0 bridgehead atoms. The van der Waals surface area contributed by atoms with E-state index in [0.29, 0.717) is 10.8 Å². The molecular weight excluding hydrogens is 312 g/mol. The topological polar surface area (TPSA) is 83.5 Å². The molecule has 0 atom stereocenters. The Morgan fingerprint density at radius 1 is 1.26 bits per heavy atom. The fourth-order valence-electron chi connectivity index (χ4n) is 2.68. The largest absolute Gasteiger partial charge is 0.343 e. The molecule has 0 aliphatic carbocycles. The molecule has 0 spiro atoms. The highest BCUT2D eigenvalue weighted by atomic mass is 32.1. The lowest BCUT2D eigenvalue weighted by molar-refractivity contribution is 0.844. The van der Waals surface area contributed by atoms with Crippen LogP contribution in [-0.4, -0.2) is 19.7 Å². The Labute approximate surface area is 134 Å². The first kappa shape index (κ1) is 14.0. The predicted octanol–water partition coefficient (Wildman–Crippen LogP) is 2.57. The van der Waals surface area contributed by atoms with Crippen LogP contribution in [0.1, 0.15) is 19.0 Å². The Hall–Kier alpha value is -2.67. The minimum absolute atomic E-state index is 0.143. The number of benzene rings is 1. The van der Waals surface area contributed by atoms with E-state index in [-0.39, 0.29) is 16.4 Å². The average molecular weight is 326 g/mol. The summed E-state index contributed by atoms with van der Waals surface area (Å²) >= 11 is 1.40.